The van der Waals surface area contributed by atoms with Crippen LogP contribution in [0.2, 0.25) is 0 Å². The van der Waals surface area contributed by atoms with Gasteiger partial charge in [-0.2, -0.15) is 5.10 Å². The fourth-order valence-electron chi connectivity index (χ4n) is 2.50. The predicted molar refractivity (Wildman–Crippen MR) is 103 cm³/mol. The second-order valence-corrected chi connectivity index (χ2v) is 5.82. The molecule has 0 atom stereocenters. The first-order valence-electron chi connectivity index (χ1n) is 8.31. The molecule has 0 amide bonds. The molecule has 0 saturated heterocycles. The molecular weight excluding hydrogens is 292 g/mol. The van der Waals surface area contributed by atoms with Crippen LogP contribution in [0.15, 0.2) is 84.0 Å². The maximum Gasteiger partial charge on any atom is 0.0652 e. The van der Waals surface area contributed by atoms with E-state index in [1.54, 1.807) is 0 Å². The van der Waals surface area contributed by atoms with Crippen LogP contribution in [0.1, 0.15) is 23.6 Å². The number of hydrazone groups is 1. The quantitative estimate of drug-likeness (QED) is 0.434. The molecule has 120 valence electrons. The zero-order valence-corrected chi connectivity index (χ0v) is 14.2. The van der Waals surface area contributed by atoms with Crippen LogP contribution in [0.5, 0.6) is 0 Å². The van der Waals surface area contributed by atoms with Crippen molar-refractivity contribution in [3.8, 4) is 0 Å². The summed E-state index contributed by atoms with van der Waals surface area (Å²) in [5.74, 6) is 0. The molecule has 3 aromatic rings. The van der Waals surface area contributed by atoms with Crippen molar-refractivity contribution in [2.24, 2.45) is 5.10 Å². The first kappa shape index (κ1) is 16.0. The molecule has 3 aromatic carbocycles. The van der Waals surface area contributed by atoms with Crippen molar-refractivity contribution in [1.82, 2.24) is 0 Å². The minimum Gasteiger partial charge on any atom is -0.234 e. The van der Waals surface area contributed by atoms with Crippen LogP contribution in [0.3, 0.4) is 0 Å². The van der Waals surface area contributed by atoms with E-state index < -0.39 is 0 Å². The van der Waals surface area contributed by atoms with Crippen molar-refractivity contribution < 1.29 is 0 Å². The van der Waals surface area contributed by atoms with E-state index in [0.717, 1.165) is 23.4 Å². The van der Waals surface area contributed by atoms with Gasteiger partial charge >= 0.3 is 0 Å². The lowest BCUT2D eigenvalue weighted by molar-refractivity contribution is 1.08. The number of benzene rings is 3. The molecule has 0 heterocycles. The molecule has 3 rings (SSSR count). The Kier molecular flexibility index (Phi) is 5.07. The molecular formula is C22H22N2. The maximum absolute atomic E-state index is 4.73. The molecule has 24 heavy (non-hydrogen) atoms. The van der Waals surface area contributed by atoms with Crippen molar-refractivity contribution in [3.05, 3.63) is 95.6 Å². The van der Waals surface area contributed by atoms with E-state index in [1.165, 1.54) is 11.1 Å². The van der Waals surface area contributed by atoms with Crippen LogP contribution in [-0.2, 0) is 6.42 Å². The zero-order chi connectivity index (χ0) is 16.8. The summed E-state index contributed by atoms with van der Waals surface area (Å²) < 4.78 is 0. The van der Waals surface area contributed by atoms with Gasteiger partial charge in [0.1, 0.15) is 0 Å². The van der Waals surface area contributed by atoms with Crippen molar-refractivity contribution in [2.75, 3.05) is 5.01 Å². The lowest BCUT2D eigenvalue weighted by Gasteiger charge is -2.20. The van der Waals surface area contributed by atoms with Gasteiger partial charge in [-0.25, -0.2) is 5.01 Å². The summed E-state index contributed by atoms with van der Waals surface area (Å²) in [5, 5.41) is 6.71. The minimum atomic E-state index is 1.04. The van der Waals surface area contributed by atoms with Gasteiger partial charge < -0.3 is 0 Å². The summed E-state index contributed by atoms with van der Waals surface area (Å²) in [4.78, 5) is 0. The van der Waals surface area contributed by atoms with Gasteiger partial charge in [-0.15, -0.1) is 0 Å². The van der Waals surface area contributed by atoms with Gasteiger partial charge in [0.25, 0.3) is 0 Å². The van der Waals surface area contributed by atoms with Crippen LogP contribution < -0.4 is 5.01 Å². The summed E-state index contributed by atoms with van der Waals surface area (Å²) >= 11 is 0. The van der Waals surface area contributed by atoms with Crippen LogP contribution in [-0.4, -0.2) is 6.21 Å². The Balaban J connectivity index is 1.96. The van der Waals surface area contributed by atoms with Gasteiger partial charge in [0.2, 0.25) is 0 Å². The smallest absolute Gasteiger partial charge is 0.0652 e. The molecule has 0 spiro atoms. The molecule has 0 aliphatic rings. The second-order valence-electron chi connectivity index (χ2n) is 5.82. The highest BCUT2D eigenvalue weighted by Gasteiger charge is 2.07. The molecule has 0 fully saturated rings. The minimum absolute atomic E-state index is 1.04. The molecule has 0 aromatic heterocycles. The Labute approximate surface area is 144 Å². The lowest BCUT2D eigenvalue weighted by atomic mass is 10.1. The van der Waals surface area contributed by atoms with Crippen LogP contribution in [0.4, 0.5) is 11.4 Å². The van der Waals surface area contributed by atoms with Crippen molar-refractivity contribution >= 4 is 17.6 Å². The largest absolute Gasteiger partial charge is 0.234 e. The van der Waals surface area contributed by atoms with Crippen LogP contribution >= 0.6 is 0 Å². The van der Waals surface area contributed by atoms with E-state index in [1.807, 2.05) is 29.4 Å². The van der Waals surface area contributed by atoms with Gasteiger partial charge in [0.05, 0.1) is 17.6 Å². The third-order valence-corrected chi connectivity index (χ3v) is 3.99. The Morgan fingerprint density at radius 1 is 0.792 bits per heavy atom. The monoisotopic (exact) mass is 314 g/mol. The average molecular weight is 314 g/mol. The second kappa shape index (κ2) is 7.60. The maximum atomic E-state index is 4.73. The number of anilines is 2. The highest BCUT2D eigenvalue weighted by Crippen LogP contribution is 2.26. The summed E-state index contributed by atoms with van der Waals surface area (Å²) in [6.45, 7) is 4.26. The van der Waals surface area contributed by atoms with Gasteiger partial charge in [0.15, 0.2) is 0 Å². The molecule has 0 aliphatic heterocycles. The van der Waals surface area contributed by atoms with E-state index in [2.05, 4.69) is 74.5 Å². The standard InChI is InChI=1S/C22H22N2/c1-3-19-11-15-22(16-12-19)24(21-13-9-18(2)10-14-21)23-17-20-7-5-4-6-8-20/h4-17H,3H2,1-2H3/b23-17+. The van der Waals surface area contributed by atoms with Crippen LogP contribution in [0, 0.1) is 6.92 Å². The molecule has 2 nitrogen and oxygen atoms in total. The highest BCUT2D eigenvalue weighted by atomic mass is 15.5. The predicted octanol–water partition coefficient (Wildman–Crippen LogP) is 5.73. The number of rotatable bonds is 5. The summed E-state index contributed by atoms with van der Waals surface area (Å²) in [6, 6.07) is 27.2. The first-order chi connectivity index (χ1) is 11.8. The van der Waals surface area contributed by atoms with Gasteiger partial charge in [0, 0.05) is 0 Å². The van der Waals surface area contributed by atoms with Crippen LogP contribution in [0.25, 0.3) is 0 Å². The molecule has 0 unspecified atom stereocenters. The van der Waals surface area contributed by atoms with Gasteiger partial charge in [-0.3, -0.25) is 0 Å². The van der Waals surface area contributed by atoms with Crippen molar-refractivity contribution in [1.29, 1.82) is 0 Å². The van der Waals surface area contributed by atoms with E-state index in [-0.39, 0.29) is 0 Å². The summed E-state index contributed by atoms with van der Waals surface area (Å²) in [5.41, 5.74) is 5.77. The van der Waals surface area contributed by atoms with E-state index >= 15 is 0 Å². The number of nitrogens with zero attached hydrogens (tertiary/aromatic N) is 2. The normalized spacial score (nSPS) is 10.9. The molecule has 0 aliphatic carbocycles. The number of hydrogen-bond acceptors (Lipinski definition) is 2. The van der Waals surface area contributed by atoms with E-state index in [4.69, 9.17) is 5.10 Å². The Bertz CT molecular complexity index is 788. The lowest BCUT2D eigenvalue weighted by Crippen LogP contribution is -2.09. The molecule has 0 saturated carbocycles. The zero-order valence-electron chi connectivity index (χ0n) is 14.2. The molecule has 0 radical (unpaired) electrons. The number of hydrogen-bond donors (Lipinski definition) is 0. The molecule has 0 bridgehead atoms. The van der Waals surface area contributed by atoms with Gasteiger partial charge in [-0.05, 0) is 48.7 Å². The third kappa shape index (κ3) is 3.90. The number of aryl methyl sites for hydroxylation is 2. The van der Waals surface area contributed by atoms with E-state index in [0.29, 0.717) is 0 Å². The average Bonchev–Trinajstić information content (AvgIpc) is 2.65. The molecule has 2 heteroatoms. The van der Waals surface area contributed by atoms with E-state index in [9.17, 15) is 0 Å². The highest BCUT2D eigenvalue weighted by molar-refractivity contribution is 5.81. The summed E-state index contributed by atoms with van der Waals surface area (Å²) in [6.07, 6.45) is 2.94. The Morgan fingerprint density at radius 3 is 1.96 bits per heavy atom. The third-order valence-electron chi connectivity index (χ3n) is 3.99. The van der Waals surface area contributed by atoms with Crippen molar-refractivity contribution in [3.63, 3.8) is 0 Å². The van der Waals surface area contributed by atoms with Crippen molar-refractivity contribution in [2.45, 2.75) is 20.3 Å². The van der Waals surface area contributed by atoms with Gasteiger partial charge in [-0.1, -0.05) is 67.1 Å². The topological polar surface area (TPSA) is 15.6 Å². The fourth-order valence-corrected chi connectivity index (χ4v) is 2.50. The molecule has 0 N–H and O–H groups in total. The first-order valence-corrected chi connectivity index (χ1v) is 8.31. The Hall–Kier alpha value is -2.87. The fraction of sp³-hybridized carbons (Fsp3) is 0.136. The SMILES string of the molecule is CCc1ccc(N(/N=C/c2ccccc2)c2ccc(C)cc2)cc1. The summed E-state index contributed by atoms with van der Waals surface area (Å²) in [7, 11) is 0. The Morgan fingerprint density at radius 2 is 1.38 bits per heavy atom.